The Kier molecular flexibility index (Phi) is 3.97. The third-order valence-electron chi connectivity index (χ3n) is 5.43. The Hall–Kier alpha value is -3.08. The smallest absolute Gasteiger partial charge is 0.156 e. The summed E-state index contributed by atoms with van der Waals surface area (Å²) in [6, 6.07) is 7.37. The Labute approximate surface area is 162 Å². The Morgan fingerprint density at radius 3 is 2.75 bits per heavy atom. The molecule has 0 saturated heterocycles. The molecule has 0 saturated carbocycles. The normalized spacial score (nSPS) is 14.6. The minimum atomic E-state index is -0.242. The summed E-state index contributed by atoms with van der Waals surface area (Å²) >= 11 is 0. The predicted molar refractivity (Wildman–Crippen MR) is 110 cm³/mol. The largest absolute Gasteiger partial charge is 0.256 e. The molecule has 0 amide bonds. The van der Waals surface area contributed by atoms with Crippen molar-refractivity contribution in [2.24, 2.45) is 0 Å². The van der Waals surface area contributed by atoms with Gasteiger partial charge >= 0.3 is 0 Å². The zero-order valence-electron chi connectivity index (χ0n) is 16.0. The fourth-order valence-electron chi connectivity index (χ4n) is 3.99. The number of fused-ring (bicyclic) bond motifs is 2. The highest BCUT2D eigenvalue weighted by Crippen LogP contribution is 2.31. The van der Waals surface area contributed by atoms with Crippen LogP contribution in [0.4, 0.5) is 4.39 Å². The summed E-state index contributed by atoms with van der Waals surface area (Å²) in [6.45, 7) is 3.94. The maximum Gasteiger partial charge on any atom is 0.156 e. The monoisotopic (exact) mass is 372 g/mol. The Morgan fingerprint density at radius 2 is 1.93 bits per heavy atom. The van der Waals surface area contributed by atoms with Gasteiger partial charge in [0, 0.05) is 22.5 Å². The van der Waals surface area contributed by atoms with Gasteiger partial charge in [0.25, 0.3) is 0 Å². The first-order valence-electron chi connectivity index (χ1n) is 9.71. The second-order valence-electron chi connectivity index (χ2n) is 7.59. The number of halogens is 1. The minimum Gasteiger partial charge on any atom is -0.256 e. The van der Waals surface area contributed by atoms with Gasteiger partial charge in [0.2, 0.25) is 0 Å². The van der Waals surface area contributed by atoms with Crippen LogP contribution in [-0.4, -0.2) is 19.6 Å². The van der Waals surface area contributed by atoms with Crippen LogP contribution in [-0.2, 0) is 0 Å². The van der Waals surface area contributed by atoms with Gasteiger partial charge in [-0.2, -0.15) is 5.10 Å². The van der Waals surface area contributed by atoms with Crippen molar-refractivity contribution < 1.29 is 4.39 Å². The van der Waals surface area contributed by atoms with Crippen LogP contribution < -0.4 is 0 Å². The molecule has 3 aromatic heterocycles. The van der Waals surface area contributed by atoms with Gasteiger partial charge in [-0.05, 0) is 74.9 Å². The number of allylic oxidation sites excluding steroid dienone is 2. The number of nitrogens with zero attached hydrogens (tertiary/aromatic N) is 4. The van der Waals surface area contributed by atoms with E-state index in [-0.39, 0.29) is 5.82 Å². The van der Waals surface area contributed by atoms with E-state index in [2.05, 4.69) is 21.1 Å². The fourth-order valence-corrected chi connectivity index (χ4v) is 3.99. The fraction of sp³-hybridized carbons (Fsp3) is 0.261. The molecular weight excluding hydrogens is 351 g/mol. The lowest BCUT2D eigenvalue weighted by atomic mass is 9.95. The van der Waals surface area contributed by atoms with E-state index in [4.69, 9.17) is 0 Å². The van der Waals surface area contributed by atoms with E-state index in [9.17, 15) is 0 Å². The third kappa shape index (κ3) is 2.87. The lowest BCUT2D eigenvalue weighted by Crippen LogP contribution is -1.98. The molecule has 0 bridgehead atoms. The molecule has 5 heteroatoms. The Bertz CT molecular complexity index is 1250. The van der Waals surface area contributed by atoms with Crippen molar-refractivity contribution in [3.8, 4) is 11.3 Å². The van der Waals surface area contributed by atoms with Gasteiger partial charge < -0.3 is 0 Å². The van der Waals surface area contributed by atoms with E-state index in [1.54, 1.807) is 16.8 Å². The molecule has 4 nitrogen and oxygen atoms in total. The number of benzene rings is 1. The van der Waals surface area contributed by atoms with Crippen LogP contribution in [0.1, 0.15) is 42.6 Å². The number of pyridine rings is 1. The molecule has 28 heavy (non-hydrogen) atoms. The van der Waals surface area contributed by atoms with Crippen molar-refractivity contribution in [2.45, 2.75) is 39.5 Å². The van der Waals surface area contributed by atoms with Crippen LogP contribution >= 0.6 is 0 Å². The van der Waals surface area contributed by atoms with Crippen LogP contribution in [0.15, 0.2) is 42.7 Å². The number of aryl methyl sites for hydroxylation is 2. The van der Waals surface area contributed by atoms with Crippen LogP contribution in [0.3, 0.4) is 0 Å². The molecule has 1 aliphatic carbocycles. The Morgan fingerprint density at radius 1 is 1.04 bits per heavy atom. The van der Waals surface area contributed by atoms with E-state index in [1.807, 2.05) is 38.2 Å². The number of hydrogen-bond donors (Lipinski definition) is 0. The standard InChI is InChI=1S/C23H21FN4/c1-14-8-22(27-28-13-15(2)26-23(14)28)17-9-18-12-25-21(11-19(18)20(24)10-17)16-6-4-3-5-7-16/h6,8-13H,3-5,7H2,1-2H3. The highest BCUT2D eigenvalue weighted by molar-refractivity contribution is 5.89. The first-order chi connectivity index (χ1) is 13.6. The number of aromatic nitrogens is 4. The quantitative estimate of drug-likeness (QED) is 0.456. The van der Waals surface area contributed by atoms with Gasteiger partial charge in [-0.25, -0.2) is 13.9 Å². The van der Waals surface area contributed by atoms with Gasteiger partial charge in [0.1, 0.15) is 5.82 Å². The van der Waals surface area contributed by atoms with Crippen LogP contribution in [0.25, 0.3) is 33.3 Å². The maximum absolute atomic E-state index is 15.0. The topological polar surface area (TPSA) is 43.1 Å². The maximum atomic E-state index is 15.0. The second kappa shape index (κ2) is 6.51. The third-order valence-corrected chi connectivity index (χ3v) is 5.43. The van der Waals surface area contributed by atoms with Crippen molar-refractivity contribution in [1.29, 1.82) is 0 Å². The second-order valence-corrected chi connectivity index (χ2v) is 7.59. The van der Waals surface area contributed by atoms with Crippen LogP contribution in [0, 0.1) is 19.7 Å². The summed E-state index contributed by atoms with van der Waals surface area (Å²) < 4.78 is 16.8. The van der Waals surface area contributed by atoms with Crippen molar-refractivity contribution in [2.75, 3.05) is 0 Å². The molecule has 0 spiro atoms. The molecule has 0 fully saturated rings. The molecule has 0 unspecified atom stereocenters. The van der Waals surface area contributed by atoms with Crippen molar-refractivity contribution >= 4 is 22.0 Å². The predicted octanol–water partition coefficient (Wildman–Crippen LogP) is 5.66. The first kappa shape index (κ1) is 17.0. The van der Waals surface area contributed by atoms with Gasteiger partial charge in [0.15, 0.2) is 5.65 Å². The summed E-state index contributed by atoms with van der Waals surface area (Å²) in [5.74, 6) is -0.242. The number of rotatable bonds is 2. The minimum absolute atomic E-state index is 0.242. The summed E-state index contributed by atoms with van der Waals surface area (Å²) in [5.41, 5.74) is 6.34. The van der Waals surface area contributed by atoms with Gasteiger partial charge in [-0.3, -0.25) is 4.98 Å². The lowest BCUT2D eigenvalue weighted by Gasteiger charge is -2.13. The van der Waals surface area contributed by atoms with Crippen molar-refractivity contribution in [1.82, 2.24) is 19.6 Å². The van der Waals surface area contributed by atoms with Gasteiger partial charge in [-0.1, -0.05) is 6.08 Å². The molecule has 5 rings (SSSR count). The summed E-state index contributed by atoms with van der Waals surface area (Å²) in [6.07, 6.45) is 10.4. The van der Waals surface area contributed by atoms with Crippen molar-refractivity contribution in [3.05, 3.63) is 65.5 Å². The van der Waals surface area contributed by atoms with E-state index in [0.29, 0.717) is 5.39 Å². The zero-order valence-corrected chi connectivity index (χ0v) is 16.0. The highest BCUT2D eigenvalue weighted by atomic mass is 19.1. The molecule has 4 aromatic rings. The average Bonchev–Trinajstić information content (AvgIpc) is 3.09. The van der Waals surface area contributed by atoms with Crippen LogP contribution in [0.5, 0.6) is 0 Å². The summed E-state index contributed by atoms with van der Waals surface area (Å²) in [5, 5.41) is 6.02. The molecule has 3 heterocycles. The molecule has 140 valence electrons. The van der Waals surface area contributed by atoms with Gasteiger partial charge in [0.05, 0.1) is 23.3 Å². The first-order valence-corrected chi connectivity index (χ1v) is 9.71. The lowest BCUT2D eigenvalue weighted by molar-refractivity contribution is 0.640. The van der Waals surface area contributed by atoms with E-state index in [0.717, 1.165) is 52.1 Å². The van der Waals surface area contributed by atoms with Crippen LogP contribution in [0.2, 0.25) is 0 Å². The van der Waals surface area contributed by atoms with Gasteiger partial charge in [-0.15, -0.1) is 0 Å². The van der Waals surface area contributed by atoms with E-state index >= 15 is 4.39 Å². The molecule has 0 aliphatic heterocycles. The van der Waals surface area contributed by atoms with E-state index < -0.39 is 0 Å². The average molecular weight is 372 g/mol. The SMILES string of the molecule is Cc1cn2nc(-c3cc(F)c4cc(C5=CCCCC5)ncc4c3)cc(C)c2n1. The molecular formula is C23H21FN4. The molecule has 0 N–H and O–H groups in total. The zero-order chi connectivity index (χ0) is 19.3. The number of hydrogen-bond acceptors (Lipinski definition) is 3. The number of imidazole rings is 1. The van der Waals surface area contributed by atoms with E-state index in [1.165, 1.54) is 18.4 Å². The molecule has 0 radical (unpaired) electrons. The molecule has 1 aliphatic rings. The molecule has 0 atom stereocenters. The summed E-state index contributed by atoms with van der Waals surface area (Å²) in [7, 11) is 0. The highest BCUT2D eigenvalue weighted by Gasteiger charge is 2.13. The Balaban J connectivity index is 1.62. The summed E-state index contributed by atoms with van der Waals surface area (Å²) in [4.78, 5) is 9.09. The van der Waals surface area contributed by atoms with Crippen molar-refractivity contribution in [3.63, 3.8) is 0 Å². The molecule has 1 aromatic carbocycles.